The van der Waals surface area contributed by atoms with Crippen LogP contribution in [0.5, 0.6) is 5.75 Å². The lowest BCUT2D eigenvalue weighted by Crippen LogP contribution is -2.35. The van der Waals surface area contributed by atoms with Crippen molar-refractivity contribution in [1.82, 2.24) is 4.98 Å². The number of rotatable bonds is 5. The molecule has 0 radical (unpaired) electrons. The van der Waals surface area contributed by atoms with E-state index in [1.54, 1.807) is 31.4 Å². The normalized spacial score (nSPS) is 15.1. The van der Waals surface area contributed by atoms with Crippen molar-refractivity contribution in [2.45, 2.75) is 12.5 Å². The second kappa shape index (κ2) is 8.46. The zero-order valence-electron chi connectivity index (χ0n) is 16.0. The maximum Gasteiger partial charge on any atom is 0.150 e. The van der Waals surface area contributed by atoms with Crippen LogP contribution >= 0.6 is 23.2 Å². The Morgan fingerprint density at radius 2 is 1.80 bits per heavy atom. The van der Waals surface area contributed by atoms with Crippen molar-refractivity contribution in [2.75, 3.05) is 12.0 Å². The summed E-state index contributed by atoms with van der Waals surface area (Å²) < 4.78 is 19.0. The molecule has 30 heavy (non-hydrogen) atoms. The van der Waals surface area contributed by atoms with Gasteiger partial charge in [-0.2, -0.15) is 0 Å². The highest BCUT2D eigenvalue weighted by molar-refractivity contribution is 6.39. The smallest absolute Gasteiger partial charge is 0.150 e. The van der Waals surface area contributed by atoms with Gasteiger partial charge in [-0.1, -0.05) is 47.5 Å². The number of methoxy groups -OCH3 is 1. The van der Waals surface area contributed by atoms with Gasteiger partial charge in [0.05, 0.1) is 34.6 Å². The van der Waals surface area contributed by atoms with Crippen molar-refractivity contribution in [3.05, 3.63) is 87.4 Å². The Morgan fingerprint density at radius 1 is 1.10 bits per heavy atom. The standard InChI is InChI=1S/C23H17Cl2FN2O2/c1-30-21-9-4-15(13-29)18-8-7-17(10-14-2-5-16(26)6-3-14)28(22(18)21)23-19(24)11-27-12-20(23)25/h2-9,11-13,17H,10H2,1H3. The van der Waals surface area contributed by atoms with Gasteiger partial charge in [-0.15, -0.1) is 0 Å². The summed E-state index contributed by atoms with van der Waals surface area (Å²) in [4.78, 5) is 17.7. The molecule has 3 aromatic rings. The predicted octanol–water partition coefficient (Wildman–Crippen LogP) is 6.12. The number of aromatic nitrogens is 1. The van der Waals surface area contributed by atoms with Crippen molar-refractivity contribution in [3.8, 4) is 5.75 Å². The molecule has 0 aliphatic carbocycles. The molecule has 1 aliphatic rings. The van der Waals surface area contributed by atoms with Crippen molar-refractivity contribution in [1.29, 1.82) is 0 Å². The number of pyridine rings is 1. The average Bonchev–Trinajstić information content (AvgIpc) is 2.75. The average molecular weight is 443 g/mol. The van der Waals surface area contributed by atoms with E-state index in [2.05, 4.69) is 4.98 Å². The number of anilines is 2. The minimum absolute atomic E-state index is 0.212. The van der Waals surface area contributed by atoms with Gasteiger partial charge in [0.2, 0.25) is 0 Å². The molecule has 1 atom stereocenters. The van der Waals surface area contributed by atoms with Gasteiger partial charge in [0.1, 0.15) is 11.6 Å². The highest BCUT2D eigenvalue weighted by Crippen LogP contribution is 2.47. The Bertz CT molecular complexity index is 1110. The number of benzene rings is 2. The monoisotopic (exact) mass is 442 g/mol. The minimum atomic E-state index is -0.294. The summed E-state index contributed by atoms with van der Waals surface area (Å²) in [6.45, 7) is 0. The van der Waals surface area contributed by atoms with Crippen LogP contribution in [0.3, 0.4) is 0 Å². The Morgan fingerprint density at radius 3 is 2.43 bits per heavy atom. The molecule has 0 spiro atoms. The molecule has 4 nitrogen and oxygen atoms in total. The highest BCUT2D eigenvalue weighted by atomic mass is 35.5. The number of halogens is 3. The number of ether oxygens (including phenoxy) is 1. The van der Waals surface area contributed by atoms with Crippen molar-refractivity contribution in [3.63, 3.8) is 0 Å². The summed E-state index contributed by atoms with van der Waals surface area (Å²) >= 11 is 13.0. The molecule has 0 saturated heterocycles. The lowest BCUT2D eigenvalue weighted by molar-refractivity contribution is 0.112. The molecule has 0 bridgehead atoms. The van der Waals surface area contributed by atoms with E-state index in [0.29, 0.717) is 44.7 Å². The second-order valence-corrected chi connectivity index (χ2v) is 7.63. The molecular formula is C23H17Cl2FN2O2. The number of hydrogen-bond donors (Lipinski definition) is 0. The fourth-order valence-electron chi connectivity index (χ4n) is 3.69. The van der Waals surface area contributed by atoms with E-state index in [1.165, 1.54) is 24.5 Å². The maximum atomic E-state index is 13.4. The number of hydrogen-bond acceptors (Lipinski definition) is 4. The van der Waals surface area contributed by atoms with E-state index in [9.17, 15) is 9.18 Å². The van der Waals surface area contributed by atoms with Crippen LogP contribution in [0.1, 0.15) is 21.5 Å². The minimum Gasteiger partial charge on any atom is -0.495 e. The predicted molar refractivity (Wildman–Crippen MR) is 118 cm³/mol. The van der Waals surface area contributed by atoms with Crippen LogP contribution in [-0.2, 0) is 6.42 Å². The molecule has 0 fully saturated rings. The van der Waals surface area contributed by atoms with Crippen molar-refractivity contribution >= 4 is 46.9 Å². The Kier molecular flexibility index (Phi) is 5.75. The van der Waals surface area contributed by atoms with Crippen LogP contribution in [0.25, 0.3) is 6.08 Å². The molecule has 2 heterocycles. The lowest BCUT2D eigenvalue weighted by Gasteiger charge is -2.38. The molecule has 0 N–H and O–H groups in total. The van der Waals surface area contributed by atoms with Gasteiger partial charge in [-0.25, -0.2) is 4.39 Å². The second-order valence-electron chi connectivity index (χ2n) is 6.82. The molecule has 2 aromatic carbocycles. The molecule has 1 unspecified atom stereocenters. The zero-order valence-corrected chi connectivity index (χ0v) is 17.5. The van der Waals surface area contributed by atoms with Gasteiger partial charge in [0.15, 0.2) is 6.29 Å². The maximum absolute atomic E-state index is 13.4. The Balaban J connectivity index is 1.93. The topological polar surface area (TPSA) is 42.4 Å². The largest absolute Gasteiger partial charge is 0.495 e. The third kappa shape index (κ3) is 3.66. The third-order valence-electron chi connectivity index (χ3n) is 5.05. The third-order valence-corrected chi connectivity index (χ3v) is 5.60. The van der Waals surface area contributed by atoms with Crippen LogP contribution in [0, 0.1) is 5.82 Å². The van der Waals surface area contributed by atoms with Gasteiger partial charge in [-0.05, 0) is 36.2 Å². The van der Waals surface area contributed by atoms with Gasteiger partial charge in [0, 0.05) is 23.5 Å². The molecule has 1 aromatic heterocycles. The van der Waals surface area contributed by atoms with Crippen molar-refractivity contribution < 1.29 is 13.9 Å². The number of aldehydes is 1. The number of carbonyl (C=O) groups is 1. The van der Waals surface area contributed by atoms with Crippen molar-refractivity contribution in [2.24, 2.45) is 0 Å². The quantitative estimate of drug-likeness (QED) is 0.446. The molecule has 1 aliphatic heterocycles. The van der Waals surface area contributed by atoms with Gasteiger partial charge >= 0.3 is 0 Å². The van der Waals surface area contributed by atoms with E-state index in [0.717, 1.165) is 11.8 Å². The van der Waals surface area contributed by atoms with E-state index in [1.807, 2.05) is 17.1 Å². The molecule has 0 amide bonds. The van der Waals surface area contributed by atoms with Crippen LogP contribution in [0.2, 0.25) is 10.0 Å². The van der Waals surface area contributed by atoms with E-state index >= 15 is 0 Å². The first-order chi connectivity index (χ1) is 14.5. The fourth-order valence-corrected chi connectivity index (χ4v) is 4.23. The SMILES string of the molecule is COc1ccc(C=O)c2c1N(c1c(Cl)cncc1Cl)C(Cc1ccc(F)cc1)C=C2. The summed E-state index contributed by atoms with van der Waals surface area (Å²) in [6, 6.07) is 9.58. The van der Waals surface area contributed by atoms with Crippen LogP contribution in [0.15, 0.2) is 54.9 Å². The van der Waals surface area contributed by atoms with Crippen LogP contribution < -0.4 is 9.64 Å². The molecule has 4 rings (SSSR count). The summed E-state index contributed by atoms with van der Waals surface area (Å²) in [5.74, 6) is 0.283. The molecule has 0 saturated carbocycles. The van der Waals surface area contributed by atoms with Crippen LogP contribution in [0.4, 0.5) is 15.8 Å². The Hall–Kier alpha value is -2.89. The number of carbonyl (C=O) groups excluding carboxylic acids is 1. The summed E-state index contributed by atoms with van der Waals surface area (Å²) in [7, 11) is 1.57. The van der Waals surface area contributed by atoms with Crippen LogP contribution in [-0.4, -0.2) is 24.4 Å². The van der Waals surface area contributed by atoms with Gasteiger partial charge < -0.3 is 9.64 Å². The highest BCUT2D eigenvalue weighted by Gasteiger charge is 2.31. The first-order valence-corrected chi connectivity index (χ1v) is 9.96. The Labute approximate surface area is 183 Å². The molecule has 152 valence electrons. The number of fused-ring (bicyclic) bond motifs is 1. The first-order valence-electron chi connectivity index (χ1n) is 9.20. The summed E-state index contributed by atoms with van der Waals surface area (Å²) in [5, 5.41) is 0.734. The fraction of sp³-hybridized carbons (Fsp3) is 0.130. The van der Waals surface area contributed by atoms with E-state index in [4.69, 9.17) is 27.9 Å². The summed E-state index contributed by atoms with van der Waals surface area (Å²) in [5.41, 5.74) is 3.42. The van der Waals surface area contributed by atoms with E-state index < -0.39 is 0 Å². The molecule has 7 heteroatoms. The summed E-state index contributed by atoms with van der Waals surface area (Å²) in [6.07, 6.45) is 8.27. The molecular weight excluding hydrogens is 426 g/mol. The van der Waals surface area contributed by atoms with Gasteiger partial charge in [-0.3, -0.25) is 9.78 Å². The van der Waals surface area contributed by atoms with Gasteiger partial charge in [0.25, 0.3) is 0 Å². The van der Waals surface area contributed by atoms with E-state index in [-0.39, 0.29) is 11.9 Å². The lowest BCUT2D eigenvalue weighted by atomic mass is 9.94. The zero-order chi connectivity index (χ0) is 21.3. The number of nitrogens with zero attached hydrogens (tertiary/aromatic N) is 2. The first kappa shape index (κ1) is 20.4.